The first kappa shape index (κ1) is 29.7. The van der Waals surface area contributed by atoms with Crippen molar-refractivity contribution in [1.82, 2.24) is 10.2 Å². The number of nitrogens with one attached hydrogen (secondary N) is 1. The Hall–Kier alpha value is -3.24. The molecule has 3 aromatic carbocycles. The summed E-state index contributed by atoms with van der Waals surface area (Å²) >= 11 is 3.47. The van der Waals surface area contributed by atoms with Gasteiger partial charge in [0, 0.05) is 23.5 Å². The summed E-state index contributed by atoms with van der Waals surface area (Å²) in [5, 5.41) is 3.13. The number of hydrogen-bond donors (Lipinski definition) is 1. The summed E-state index contributed by atoms with van der Waals surface area (Å²) in [6.07, 6.45) is 5.05. The maximum Gasteiger partial charge on any atom is 0.244 e. The predicted molar refractivity (Wildman–Crippen MR) is 158 cm³/mol. The van der Waals surface area contributed by atoms with Crippen LogP contribution in [0.3, 0.4) is 0 Å². The Morgan fingerprint density at radius 3 is 2.30 bits per heavy atom. The quantitative estimate of drug-likeness (QED) is 0.321. The molecule has 40 heavy (non-hydrogen) atoms. The molecule has 1 fully saturated rings. The van der Waals surface area contributed by atoms with Gasteiger partial charge in [0.1, 0.15) is 18.4 Å². The van der Waals surface area contributed by atoms with Crippen LogP contribution in [0.4, 0.5) is 10.1 Å². The first-order valence-electron chi connectivity index (χ1n) is 13.2. The van der Waals surface area contributed by atoms with E-state index in [1.807, 2.05) is 54.6 Å². The SMILES string of the molecule is CS(=O)(=O)N(CC(=O)N(Cc1cccc(Br)c1)[C@H](Cc1ccccc1)C(=O)NC1CCCC1)c1cccc(F)c1. The van der Waals surface area contributed by atoms with E-state index >= 15 is 0 Å². The Balaban J connectivity index is 1.72. The highest BCUT2D eigenvalue weighted by Gasteiger charge is 2.34. The smallest absolute Gasteiger partial charge is 0.244 e. The Morgan fingerprint density at radius 1 is 0.975 bits per heavy atom. The molecule has 212 valence electrons. The molecular weight excluding hydrogens is 597 g/mol. The van der Waals surface area contributed by atoms with Gasteiger partial charge in [0.05, 0.1) is 11.9 Å². The molecule has 0 unspecified atom stereocenters. The number of amides is 2. The third kappa shape index (κ3) is 8.14. The van der Waals surface area contributed by atoms with Gasteiger partial charge in [0.25, 0.3) is 0 Å². The monoisotopic (exact) mass is 629 g/mol. The molecule has 1 N–H and O–H groups in total. The zero-order valence-electron chi connectivity index (χ0n) is 22.3. The molecule has 0 heterocycles. The predicted octanol–water partition coefficient (Wildman–Crippen LogP) is 5.05. The van der Waals surface area contributed by atoms with E-state index in [9.17, 15) is 22.4 Å². The van der Waals surface area contributed by atoms with Crippen LogP contribution in [0, 0.1) is 5.82 Å². The van der Waals surface area contributed by atoms with Crippen LogP contribution in [-0.4, -0.2) is 50.0 Å². The molecule has 1 atom stereocenters. The van der Waals surface area contributed by atoms with Crippen molar-refractivity contribution in [2.24, 2.45) is 0 Å². The van der Waals surface area contributed by atoms with Crippen LogP contribution in [0.15, 0.2) is 83.3 Å². The van der Waals surface area contributed by atoms with Gasteiger partial charge in [-0.1, -0.05) is 77.3 Å². The summed E-state index contributed by atoms with van der Waals surface area (Å²) in [6, 6.07) is 21.0. The van der Waals surface area contributed by atoms with Crippen LogP contribution in [0.25, 0.3) is 0 Å². The minimum absolute atomic E-state index is 0.0354. The average Bonchev–Trinajstić information content (AvgIpc) is 3.42. The van der Waals surface area contributed by atoms with Gasteiger partial charge in [0.2, 0.25) is 21.8 Å². The molecule has 0 spiro atoms. The van der Waals surface area contributed by atoms with Crippen LogP contribution in [-0.2, 0) is 32.6 Å². The Bertz CT molecular complexity index is 1430. The summed E-state index contributed by atoms with van der Waals surface area (Å²) in [5.41, 5.74) is 1.67. The van der Waals surface area contributed by atoms with Crippen molar-refractivity contribution >= 4 is 43.5 Å². The van der Waals surface area contributed by atoms with Crippen molar-refractivity contribution in [3.8, 4) is 0 Å². The van der Waals surface area contributed by atoms with Crippen molar-refractivity contribution in [1.29, 1.82) is 0 Å². The second kappa shape index (κ2) is 13.4. The Labute approximate surface area is 243 Å². The highest BCUT2D eigenvalue weighted by Crippen LogP contribution is 2.23. The summed E-state index contributed by atoms with van der Waals surface area (Å²) in [6.45, 7) is -0.507. The van der Waals surface area contributed by atoms with Gasteiger partial charge in [-0.2, -0.15) is 0 Å². The molecule has 2 amide bonds. The van der Waals surface area contributed by atoms with Crippen LogP contribution in [0.2, 0.25) is 0 Å². The molecule has 1 aliphatic carbocycles. The third-order valence-corrected chi connectivity index (χ3v) is 8.62. The minimum Gasteiger partial charge on any atom is -0.352 e. The molecule has 1 aliphatic rings. The van der Waals surface area contributed by atoms with E-state index in [1.165, 1.54) is 23.1 Å². The number of nitrogens with zero attached hydrogens (tertiary/aromatic N) is 2. The lowest BCUT2D eigenvalue weighted by Crippen LogP contribution is -2.54. The molecule has 0 aromatic heterocycles. The van der Waals surface area contributed by atoms with Gasteiger partial charge >= 0.3 is 0 Å². The fourth-order valence-corrected chi connectivity index (χ4v) is 6.29. The maximum absolute atomic E-state index is 14.1. The molecule has 1 saturated carbocycles. The van der Waals surface area contributed by atoms with E-state index in [1.54, 1.807) is 0 Å². The maximum atomic E-state index is 14.1. The number of benzene rings is 3. The number of carbonyl (C=O) groups is 2. The van der Waals surface area contributed by atoms with Crippen molar-refractivity contribution in [3.05, 3.63) is 100 Å². The lowest BCUT2D eigenvalue weighted by atomic mass is 10.0. The van der Waals surface area contributed by atoms with Crippen molar-refractivity contribution in [3.63, 3.8) is 0 Å². The zero-order chi connectivity index (χ0) is 28.7. The first-order chi connectivity index (χ1) is 19.1. The molecule has 10 heteroatoms. The number of anilines is 1. The van der Waals surface area contributed by atoms with Crippen LogP contribution in [0.5, 0.6) is 0 Å². The number of halogens is 2. The molecule has 3 aromatic rings. The topological polar surface area (TPSA) is 86.8 Å². The van der Waals surface area contributed by atoms with Crippen molar-refractivity contribution in [2.75, 3.05) is 17.1 Å². The summed E-state index contributed by atoms with van der Waals surface area (Å²) in [7, 11) is -3.96. The largest absolute Gasteiger partial charge is 0.352 e. The van der Waals surface area contributed by atoms with Crippen LogP contribution < -0.4 is 9.62 Å². The molecule has 0 radical (unpaired) electrons. The van der Waals surface area contributed by atoms with E-state index in [-0.39, 0.29) is 30.6 Å². The standard InChI is InChI=1S/C30H33BrFN3O4S/c1-40(38,39)35(27-16-8-13-25(32)19-27)21-29(36)34(20-23-11-7-12-24(31)17-23)28(18-22-9-3-2-4-10-22)30(37)33-26-14-5-6-15-26/h2-4,7-13,16-17,19,26,28H,5-6,14-15,18,20-21H2,1H3,(H,33,37)/t28-/m1/s1. The minimum atomic E-state index is -3.96. The van der Waals surface area contributed by atoms with E-state index in [4.69, 9.17) is 0 Å². The molecule has 0 bridgehead atoms. The fourth-order valence-electron chi connectivity index (χ4n) is 5.00. The number of sulfonamides is 1. The summed E-state index contributed by atoms with van der Waals surface area (Å²) in [4.78, 5) is 29.3. The summed E-state index contributed by atoms with van der Waals surface area (Å²) < 4.78 is 41.3. The molecule has 4 rings (SSSR count). The number of rotatable bonds is 11. The second-order valence-electron chi connectivity index (χ2n) is 10.1. The van der Waals surface area contributed by atoms with E-state index in [2.05, 4.69) is 21.2 Å². The average molecular weight is 631 g/mol. The van der Waals surface area contributed by atoms with Gasteiger partial charge in [-0.15, -0.1) is 0 Å². The Kier molecular flexibility index (Phi) is 9.97. The van der Waals surface area contributed by atoms with Crippen molar-refractivity contribution in [2.45, 2.75) is 50.7 Å². The number of hydrogen-bond acceptors (Lipinski definition) is 4. The van der Waals surface area contributed by atoms with Gasteiger partial charge in [-0.05, 0) is 54.3 Å². The van der Waals surface area contributed by atoms with E-state index < -0.39 is 34.3 Å². The molecule has 0 aliphatic heterocycles. The lowest BCUT2D eigenvalue weighted by molar-refractivity contribution is -0.140. The highest BCUT2D eigenvalue weighted by molar-refractivity contribution is 9.10. The Morgan fingerprint density at radius 2 is 1.65 bits per heavy atom. The third-order valence-electron chi connectivity index (χ3n) is 6.99. The zero-order valence-corrected chi connectivity index (χ0v) is 24.7. The first-order valence-corrected chi connectivity index (χ1v) is 15.9. The molecule has 0 saturated heterocycles. The van der Waals surface area contributed by atoms with E-state index in [0.717, 1.165) is 57.9 Å². The number of carbonyl (C=O) groups excluding carboxylic acids is 2. The normalized spacial score (nSPS) is 14.5. The fraction of sp³-hybridized carbons (Fsp3) is 0.333. The second-order valence-corrected chi connectivity index (χ2v) is 12.9. The van der Waals surface area contributed by atoms with Gasteiger partial charge in [0.15, 0.2) is 0 Å². The van der Waals surface area contributed by atoms with Gasteiger partial charge in [-0.25, -0.2) is 12.8 Å². The van der Waals surface area contributed by atoms with E-state index in [0.29, 0.717) is 0 Å². The lowest BCUT2D eigenvalue weighted by Gasteiger charge is -2.34. The van der Waals surface area contributed by atoms with Gasteiger partial charge < -0.3 is 10.2 Å². The summed E-state index contributed by atoms with van der Waals surface area (Å²) in [5.74, 6) is -1.48. The van der Waals surface area contributed by atoms with Crippen LogP contribution >= 0.6 is 15.9 Å². The molecular formula is C30H33BrFN3O4S. The van der Waals surface area contributed by atoms with Gasteiger partial charge in [-0.3, -0.25) is 13.9 Å². The van der Waals surface area contributed by atoms with Crippen molar-refractivity contribution < 1.29 is 22.4 Å². The molecule has 7 nitrogen and oxygen atoms in total. The van der Waals surface area contributed by atoms with Crippen LogP contribution in [0.1, 0.15) is 36.8 Å². The highest BCUT2D eigenvalue weighted by atomic mass is 79.9.